The van der Waals surface area contributed by atoms with Crippen LogP contribution in [0, 0.1) is 12.3 Å². The Labute approximate surface area is 156 Å². The van der Waals surface area contributed by atoms with Crippen molar-refractivity contribution in [3.05, 3.63) is 35.2 Å². The molecule has 2 aromatic rings. The van der Waals surface area contributed by atoms with Crippen LogP contribution in [-0.4, -0.2) is 19.9 Å². The quantitative estimate of drug-likeness (QED) is 0.709. The van der Waals surface area contributed by atoms with Gasteiger partial charge in [-0.05, 0) is 73.8 Å². The topological polar surface area (TPSA) is 50.9 Å². The first-order valence-corrected chi connectivity index (χ1v) is 9.94. The average molecular weight is 351 g/mol. The summed E-state index contributed by atoms with van der Waals surface area (Å²) in [6.07, 6.45) is 10.4. The molecular weight excluding hydrogens is 322 g/mol. The van der Waals surface area contributed by atoms with Crippen molar-refractivity contribution in [1.82, 2.24) is 14.8 Å². The molecule has 26 heavy (non-hydrogen) atoms. The summed E-state index contributed by atoms with van der Waals surface area (Å²) in [5, 5.41) is 18.7. The first kappa shape index (κ1) is 17.3. The van der Waals surface area contributed by atoms with Crippen molar-refractivity contribution in [3.63, 3.8) is 0 Å². The molecule has 1 saturated carbocycles. The fourth-order valence-corrected chi connectivity index (χ4v) is 4.86. The number of hydrogen-bond donors (Lipinski definition) is 1. The van der Waals surface area contributed by atoms with E-state index in [0.717, 1.165) is 29.2 Å². The predicted octanol–water partition coefficient (Wildman–Crippen LogP) is 5.40. The second kappa shape index (κ2) is 6.57. The Balaban J connectivity index is 1.58. The second-order valence-corrected chi connectivity index (χ2v) is 8.30. The summed E-state index contributed by atoms with van der Waals surface area (Å²) >= 11 is 0. The molecule has 1 fully saturated rings. The van der Waals surface area contributed by atoms with Crippen LogP contribution >= 0.6 is 0 Å². The molecule has 0 amide bonds. The number of aromatic hydroxyl groups is 1. The van der Waals surface area contributed by atoms with Crippen LogP contribution in [0.1, 0.15) is 69.7 Å². The average Bonchev–Trinajstić information content (AvgIpc) is 2.96. The lowest BCUT2D eigenvalue weighted by molar-refractivity contribution is 0.152. The van der Waals surface area contributed by atoms with Gasteiger partial charge < -0.3 is 9.67 Å². The smallest absolute Gasteiger partial charge is 0.164 e. The van der Waals surface area contributed by atoms with Crippen LogP contribution in [0.3, 0.4) is 0 Å². The standard InChI is InChI=1S/C22H29N3O/c1-4-5-6-10-22-11-9-19(16(13-22)14-22)21-24-23-20(25(21)3)18-8-7-17(26)12-15(18)2/h7-8,12,26H,4-6,9-11,13-14H2,1-3H3. The Morgan fingerprint density at radius 3 is 2.58 bits per heavy atom. The van der Waals surface area contributed by atoms with Crippen LogP contribution in [0.15, 0.2) is 23.8 Å². The number of aromatic nitrogens is 3. The van der Waals surface area contributed by atoms with E-state index in [1.165, 1.54) is 50.5 Å². The number of unbranched alkanes of at least 4 members (excludes halogenated alkanes) is 2. The van der Waals surface area contributed by atoms with Crippen molar-refractivity contribution in [2.75, 3.05) is 0 Å². The van der Waals surface area contributed by atoms with E-state index in [2.05, 4.69) is 28.7 Å². The summed E-state index contributed by atoms with van der Waals surface area (Å²) < 4.78 is 2.13. The van der Waals surface area contributed by atoms with Crippen LogP contribution < -0.4 is 0 Å². The van der Waals surface area contributed by atoms with Crippen molar-refractivity contribution in [3.8, 4) is 17.1 Å². The number of phenolic OH excluding ortho intramolecular Hbond substituents is 1. The number of aryl methyl sites for hydroxylation is 1. The molecule has 0 spiro atoms. The molecule has 3 aliphatic rings. The summed E-state index contributed by atoms with van der Waals surface area (Å²) in [5.41, 5.74) is 5.69. The number of nitrogens with zero attached hydrogens (tertiary/aromatic N) is 3. The maximum absolute atomic E-state index is 9.65. The van der Waals surface area contributed by atoms with Crippen LogP contribution in [0.2, 0.25) is 0 Å². The lowest BCUT2D eigenvalue weighted by Gasteiger charge is -2.49. The second-order valence-electron chi connectivity index (χ2n) is 8.30. The number of fused-ring (bicyclic) bond motifs is 2. The van der Waals surface area contributed by atoms with E-state index in [1.807, 2.05) is 13.0 Å². The van der Waals surface area contributed by atoms with Crippen molar-refractivity contribution in [1.29, 1.82) is 0 Å². The van der Waals surface area contributed by atoms with Gasteiger partial charge in [0.25, 0.3) is 0 Å². The third-order valence-corrected chi connectivity index (χ3v) is 6.42. The molecule has 1 heterocycles. The first-order valence-electron chi connectivity index (χ1n) is 9.94. The van der Waals surface area contributed by atoms with Crippen molar-refractivity contribution in [2.24, 2.45) is 12.5 Å². The van der Waals surface area contributed by atoms with E-state index in [0.29, 0.717) is 11.2 Å². The van der Waals surface area contributed by atoms with Gasteiger partial charge >= 0.3 is 0 Å². The molecule has 4 nitrogen and oxygen atoms in total. The van der Waals surface area contributed by atoms with Crippen LogP contribution in [-0.2, 0) is 7.05 Å². The summed E-state index contributed by atoms with van der Waals surface area (Å²) in [6, 6.07) is 5.43. The molecule has 0 atom stereocenters. The monoisotopic (exact) mass is 351 g/mol. The number of hydrogen-bond acceptors (Lipinski definition) is 3. The van der Waals surface area contributed by atoms with E-state index in [-0.39, 0.29) is 0 Å². The van der Waals surface area contributed by atoms with Gasteiger partial charge in [0.2, 0.25) is 0 Å². The highest BCUT2D eigenvalue weighted by Gasteiger charge is 2.45. The SMILES string of the molecule is CCCCCC12CCC(c3nnc(-c4ccc(O)cc4C)n3C)=C(C1)C2. The molecule has 0 unspecified atom stereocenters. The molecule has 2 bridgehead atoms. The molecule has 1 aromatic carbocycles. The zero-order chi connectivity index (χ0) is 18.3. The normalized spacial score (nSPS) is 18.1. The minimum Gasteiger partial charge on any atom is -0.508 e. The number of phenols is 1. The van der Waals surface area contributed by atoms with E-state index >= 15 is 0 Å². The van der Waals surface area contributed by atoms with E-state index in [1.54, 1.807) is 17.7 Å². The van der Waals surface area contributed by atoms with Crippen LogP contribution in [0.4, 0.5) is 0 Å². The lowest BCUT2D eigenvalue weighted by Crippen LogP contribution is -2.36. The van der Waals surface area contributed by atoms with Gasteiger partial charge in [-0.25, -0.2) is 0 Å². The number of allylic oxidation sites excluding steroid dienone is 2. The summed E-state index contributed by atoms with van der Waals surface area (Å²) in [6.45, 7) is 4.28. The fraction of sp³-hybridized carbons (Fsp3) is 0.545. The van der Waals surface area contributed by atoms with Gasteiger partial charge in [-0.1, -0.05) is 31.8 Å². The molecule has 4 heteroatoms. The fourth-order valence-electron chi connectivity index (χ4n) is 4.86. The minimum absolute atomic E-state index is 0.291. The molecule has 138 valence electrons. The van der Waals surface area contributed by atoms with Gasteiger partial charge in [0.15, 0.2) is 11.6 Å². The third kappa shape index (κ3) is 2.85. The van der Waals surface area contributed by atoms with Gasteiger partial charge in [0.1, 0.15) is 5.75 Å². The molecule has 0 radical (unpaired) electrons. The number of rotatable bonds is 6. The van der Waals surface area contributed by atoms with E-state index in [4.69, 9.17) is 0 Å². The highest BCUT2D eigenvalue weighted by Crippen LogP contribution is 2.59. The molecule has 1 aromatic heterocycles. The maximum Gasteiger partial charge on any atom is 0.164 e. The third-order valence-electron chi connectivity index (χ3n) is 6.42. The maximum atomic E-state index is 9.65. The van der Waals surface area contributed by atoms with Gasteiger partial charge in [0, 0.05) is 12.6 Å². The van der Waals surface area contributed by atoms with Crippen molar-refractivity contribution >= 4 is 5.57 Å². The van der Waals surface area contributed by atoms with Gasteiger partial charge in [0.05, 0.1) is 0 Å². The van der Waals surface area contributed by atoms with Crippen molar-refractivity contribution < 1.29 is 5.11 Å². The van der Waals surface area contributed by atoms with E-state index in [9.17, 15) is 5.11 Å². The molecular formula is C22H29N3O. The van der Waals surface area contributed by atoms with E-state index < -0.39 is 0 Å². The first-order chi connectivity index (χ1) is 12.5. The summed E-state index contributed by atoms with van der Waals surface area (Å²) in [7, 11) is 2.06. The molecule has 0 saturated heterocycles. The zero-order valence-electron chi connectivity index (χ0n) is 16.2. The Hall–Kier alpha value is -2.10. The van der Waals surface area contributed by atoms with Gasteiger partial charge in [-0.3, -0.25) is 0 Å². The Kier molecular flexibility index (Phi) is 4.37. The molecule has 1 N–H and O–H groups in total. The highest BCUT2D eigenvalue weighted by molar-refractivity contribution is 5.71. The predicted molar refractivity (Wildman–Crippen MR) is 105 cm³/mol. The summed E-state index contributed by atoms with van der Waals surface area (Å²) in [5.74, 6) is 2.20. The molecule has 3 aliphatic carbocycles. The highest BCUT2D eigenvalue weighted by atomic mass is 16.3. The Morgan fingerprint density at radius 1 is 1.15 bits per heavy atom. The van der Waals surface area contributed by atoms with Gasteiger partial charge in [-0.2, -0.15) is 0 Å². The Morgan fingerprint density at radius 2 is 1.92 bits per heavy atom. The number of benzene rings is 1. The molecule has 0 aliphatic heterocycles. The summed E-state index contributed by atoms with van der Waals surface area (Å²) in [4.78, 5) is 0. The largest absolute Gasteiger partial charge is 0.508 e. The minimum atomic E-state index is 0.291. The van der Waals surface area contributed by atoms with Gasteiger partial charge in [-0.15, -0.1) is 10.2 Å². The van der Waals surface area contributed by atoms with Crippen molar-refractivity contribution in [2.45, 2.75) is 65.2 Å². The molecule has 5 rings (SSSR count). The Bertz CT molecular complexity index is 854. The zero-order valence-corrected chi connectivity index (χ0v) is 16.2. The van der Waals surface area contributed by atoms with Crippen LogP contribution in [0.25, 0.3) is 17.0 Å². The lowest BCUT2D eigenvalue weighted by atomic mass is 9.55. The van der Waals surface area contributed by atoms with Crippen LogP contribution in [0.5, 0.6) is 5.75 Å².